The van der Waals surface area contributed by atoms with Gasteiger partial charge in [0.2, 0.25) is 11.8 Å². The molecule has 3 atom stereocenters. The predicted molar refractivity (Wildman–Crippen MR) is 140 cm³/mol. The highest BCUT2D eigenvalue weighted by Crippen LogP contribution is 2.38. The van der Waals surface area contributed by atoms with Gasteiger partial charge in [-0.05, 0) is 56.5 Å². The first-order chi connectivity index (χ1) is 19.7. The number of hydrogen-bond acceptors (Lipinski definition) is 7. The molecule has 15 heteroatoms. The Hall–Kier alpha value is -3.72. The summed E-state index contributed by atoms with van der Waals surface area (Å²) in [7, 11) is -3.68. The fourth-order valence-corrected chi connectivity index (χ4v) is 5.95. The van der Waals surface area contributed by atoms with Gasteiger partial charge in [-0.15, -0.1) is 4.36 Å². The lowest BCUT2D eigenvalue weighted by molar-refractivity contribution is -0.169. The van der Waals surface area contributed by atoms with Crippen LogP contribution in [0.1, 0.15) is 37.8 Å². The second-order valence-electron chi connectivity index (χ2n) is 9.55. The summed E-state index contributed by atoms with van der Waals surface area (Å²) in [5.74, 6) is -3.43. The Morgan fingerprint density at radius 2 is 1.67 bits per heavy atom. The Kier molecular flexibility index (Phi) is 9.11. The molecule has 1 aliphatic rings. The molecule has 1 fully saturated rings. The molecule has 1 heterocycles. The van der Waals surface area contributed by atoms with Crippen LogP contribution in [0.15, 0.2) is 70.1 Å². The maximum atomic E-state index is 13.7. The monoisotopic (exact) mass is 616 g/mol. The summed E-state index contributed by atoms with van der Waals surface area (Å²) in [5.41, 5.74) is -0.108. The van der Waals surface area contributed by atoms with Crippen LogP contribution in [0.3, 0.4) is 0 Å². The van der Waals surface area contributed by atoms with Crippen LogP contribution in [0.25, 0.3) is 0 Å². The van der Waals surface area contributed by atoms with Gasteiger partial charge in [0.25, 0.3) is 0 Å². The lowest BCUT2D eigenvalue weighted by Gasteiger charge is -2.23. The number of halogens is 6. The average molecular weight is 617 g/mol. The van der Waals surface area contributed by atoms with Crippen LogP contribution in [0.4, 0.5) is 38.0 Å². The van der Waals surface area contributed by atoms with Crippen molar-refractivity contribution in [3.05, 3.63) is 71.9 Å². The van der Waals surface area contributed by atoms with E-state index < -0.39 is 56.9 Å². The number of alkyl halides is 6. The number of ether oxygens (including phenoxy) is 2. The summed E-state index contributed by atoms with van der Waals surface area (Å²) in [6, 6.07) is 14.3. The fraction of sp³-hybridized carbons (Fsp3) is 0.370. The van der Waals surface area contributed by atoms with E-state index in [1.54, 1.807) is 6.92 Å². The molecule has 1 aliphatic carbocycles. The maximum Gasteiger partial charge on any atom is 0.474 e. The van der Waals surface area contributed by atoms with Crippen molar-refractivity contribution in [2.75, 3.05) is 5.32 Å². The normalized spacial score (nSPS) is 16.7. The van der Waals surface area contributed by atoms with E-state index in [4.69, 9.17) is 9.47 Å². The fourth-order valence-electron chi connectivity index (χ4n) is 3.66. The Balaban J connectivity index is 1.52. The number of rotatable bonds is 10. The number of nitrogens with zero attached hydrogens (tertiary/aromatic N) is 3. The van der Waals surface area contributed by atoms with E-state index in [0.29, 0.717) is 19.0 Å². The first-order valence-corrected chi connectivity index (χ1v) is 14.3. The molecule has 1 aromatic heterocycles. The molecule has 0 saturated heterocycles. The highest BCUT2D eigenvalue weighted by molar-refractivity contribution is 7.94. The van der Waals surface area contributed by atoms with Crippen molar-refractivity contribution in [3.63, 3.8) is 0 Å². The van der Waals surface area contributed by atoms with Crippen LogP contribution < -0.4 is 10.1 Å². The second-order valence-corrected chi connectivity index (χ2v) is 12.0. The van der Waals surface area contributed by atoms with Gasteiger partial charge < -0.3 is 14.8 Å². The molecule has 226 valence electrons. The van der Waals surface area contributed by atoms with Gasteiger partial charge >= 0.3 is 18.3 Å². The van der Waals surface area contributed by atoms with E-state index in [0.717, 1.165) is 5.56 Å². The summed E-state index contributed by atoms with van der Waals surface area (Å²) < 4.78 is 107. The van der Waals surface area contributed by atoms with Crippen molar-refractivity contribution in [1.29, 1.82) is 0 Å². The summed E-state index contributed by atoms with van der Waals surface area (Å²) in [4.78, 5) is 19.0. The van der Waals surface area contributed by atoms with Crippen molar-refractivity contribution >= 4 is 27.3 Å². The molecule has 2 aromatic carbocycles. The summed E-state index contributed by atoms with van der Waals surface area (Å²) in [6.45, 7) is 3.41. The van der Waals surface area contributed by atoms with Crippen LogP contribution in [-0.2, 0) is 32.0 Å². The second kappa shape index (κ2) is 12.3. The molecule has 1 saturated carbocycles. The zero-order valence-electron chi connectivity index (χ0n) is 22.3. The van der Waals surface area contributed by atoms with E-state index in [9.17, 15) is 35.3 Å². The number of benzene rings is 2. The molecule has 0 bridgehead atoms. The average Bonchev–Trinajstić information content (AvgIpc) is 3.78. The molecule has 8 nitrogen and oxygen atoms in total. The molecule has 0 radical (unpaired) electrons. The molecule has 42 heavy (non-hydrogen) atoms. The lowest BCUT2D eigenvalue weighted by Crippen LogP contribution is -2.30. The SMILES string of the molecule is C[C@@H](OCc1ccccc1)[C@@H](C)Oc1nc(Nc2ccc([S@@](=O)(=NC(=O)C(F)(F)F)C3CC3)cc2)ncc1C(F)(F)F. The topological polar surface area (TPSA) is 103 Å². The zero-order valence-corrected chi connectivity index (χ0v) is 23.1. The predicted octanol–water partition coefficient (Wildman–Crippen LogP) is 6.69. The van der Waals surface area contributed by atoms with Gasteiger partial charge in [0.15, 0.2) is 0 Å². The first-order valence-electron chi connectivity index (χ1n) is 12.7. The van der Waals surface area contributed by atoms with Gasteiger partial charge in [-0.3, -0.25) is 4.79 Å². The number of anilines is 2. The maximum absolute atomic E-state index is 13.7. The third-order valence-corrected chi connectivity index (χ3v) is 9.02. The molecule has 0 spiro atoms. The van der Waals surface area contributed by atoms with Crippen molar-refractivity contribution in [2.24, 2.45) is 4.36 Å². The van der Waals surface area contributed by atoms with Crippen molar-refractivity contribution in [2.45, 2.75) is 68.0 Å². The van der Waals surface area contributed by atoms with E-state index in [1.165, 1.54) is 31.2 Å². The zero-order chi connectivity index (χ0) is 30.7. The molecule has 1 N–H and O–H groups in total. The number of hydrogen-bond donors (Lipinski definition) is 1. The molecule has 3 aromatic rings. The third-order valence-electron chi connectivity index (χ3n) is 6.26. The number of amides is 1. The standard InChI is InChI=1S/C27H26F6N4O4S/c1-16(40-15-18-6-4-3-5-7-18)17(2)41-23-22(26(28,29)30)14-34-25(36-23)35-19-8-10-20(11-9-19)42(39,21-12-13-21)37-24(38)27(31,32)33/h3-11,14,16-17,21H,12-13,15H2,1-2H3,(H,34,35,36)/t16-,17-,42+/m1/s1. The van der Waals surface area contributed by atoms with Gasteiger partial charge in [-0.1, -0.05) is 30.3 Å². The summed E-state index contributed by atoms with van der Waals surface area (Å²) in [6.07, 6.45) is -10.3. The minimum Gasteiger partial charge on any atom is -0.471 e. The van der Waals surface area contributed by atoms with Crippen molar-refractivity contribution in [1.82, 2.24) is 9.97 Å². The molecule has 0 aliphatic heterocycles. The smallest absolute Gasteiger partial charge is 0.471 e. The van der Waals surface area contributed by atoms with Gasteiger partial charge in [0.1, 0.15) is 11.7 Å². The van der Waals surface area contributed by atoms with E-state index >= 15 is 0 Å². The van der Waals surface area contributed by atoms with Crippen LogP contribution in [0.2, 0.25) is 0 Å². The Morgan fingerprint density at radius 1 is 1.02 bits per heavy atom. The summed E-state index contributed by atoms with van der Waals surface area (Å²) >= 11 is 0. The van der Waals surface area contributed by atoms with Gasteiger partial charge in [-0.2, -0.15) is 31.3 Å². The first kappa shape index (κ1) is 31.2. The minimum atomic E-state index is -5.26. The van der Waals surface area contributed by atoms with Crippen molar-refractivity contribution < 1.29 is 44.8 Å². The third kappa shape index (κ3) is 7.76. The minimum absolute atomic E-state index is 0.0798. The Morgan fingerprint density at radius 3 is 2.24 bits per heavy atom. The quantitative estimate of drug-likeness (QED) is 0.253. The molecule has 1 amide bonds. The van der Waals surface area contributed by atoms with Crippen LogP contribution in [-0.4, -0.2) is 43.7 Å². The summed E-state index contributed by atoms with van der Waals surface area (Å²) in [5, 5.41) is 2.00. The van der Waals surface area contributed by atoms with Crippen LogP contribution in [0.5, 0.6) is 5.88 Å². The molecule has 0 unspecified atom stereocenters. The number of aromatic nitrogens is 2. The highest BCUT2D eigenvalue weighted by Gasteiger charge is 2.43. The van der Waals surface area contributed by atoms with Gasteiger partial charge in [-0.25, -0.2) is 9.19 Å². The van der Waals surface area contributed by atoms with Crippen molar-refractivity contribution in [3.8, 4) is 5.88 Å². The number of nitrogens with one attached hydrogen (secondary N) is 1. The van der Waals surface area contributed by atoms with E-state index in [2.05, 4.69) is 19.6 Å². The Bertz CT molecular complexity index is 1520. The van der Waals surface area contributed by atoms with Crippen LogP contribution in [0, 0.1) is 0 Å². The number of carbonyl (C=O) groups excluding carboxylic acids is 1. The van der Waals surface area contributed by atoms with Crippen LogP contribution >= 0.6 is 0 Å². The van der Waals surface area contributed by atoms with Gasteiger partial charge in [0.05, 0.1) is 22.4 Å². The number of carbonyl (C=O) groups is 1. The lowest BCUT2D eigenvalue weighted by atomic mass is 10.2. The largest absolute Gasteiger partial charge is 0.474 e. The Labute approximate surface area is 237 Å². The van der Waals surface area contributed by atoms with E-state index in [-0.39, 0.29) is 23.1 Å². The molecular weight excluding hydrogens is 590 g/mol. The molecule has 4 rings (SSSR count). The van der Waals surface area contributed by atoms with Gasteiger partial charge in [0, 0.05) is 22.0 Å². The molecular formula is C27H26F6N4O4S. The van der Waals surface area contributed by atoms with E-state index in [1.807, 2.05) is 30.3 Å². The highest BCUT2D eigenvalue weighted by atomic mass is 32.2.